The number of aromatic nitrogens is 1. The van der Waals surface area contributed by atoms with Crippen molar-refractivity contribution in [1.82, 2.24) is 10.3 Å². The van der Waals surface area contributed by atoms with Crippen LogP contribution < -0.4 is 5.32 Å². The molecule has 0 saturated heterocycles. The van der Waals surface area contributed by atoms with E-state index in [4.69, 9.17) is 0 Å². The first-order valence-corrected chi connectivity index (χ1v) is 7.33. The molecule has 0 aliphatic heterocycles. The van der Waals surface area contributed by atoms with Gasteiger partial charge in [-0.3, -0.25) is 0 Å². The monoisotopic (exact) mass is 238 g/mol. The molecule has 2 unspecified atom stereocenters. The molecule has 1 fully saturated rings. The van der Waals surface area contributed by atoms with Crippen LogP contribution in [-0.2, 0) is 6.42 Å². The summed E-state index contributed by atoms with van der Waals surface area (Å²) in [6, 6.07) is 0. The zero-order valence-electron chi connectivity index (χ0n) is 10.1. The van der Waals surface area contributed by atoms with E-state index in [0.29, 0.717) is 0 Å². The first-order chi connectivity index (χ1) is 7.86. The van der Waals surface area contributed by atoms with Gasteiger partial charge in [0.2, 0.25) is 0 Å². The summed E-state index contributed by atoms with van der Waals surface area (Å²) in [5, 5.41) is 6.90. The van der Waals surface area contributed by atoms with Gasteiger partial charge in [0.25, 0.3) is 0 Å². The molecule has 1 saturated carbocycles. The van der Waals surface area contributed by atoms with Crippen molar-refractivity contribution in [2.45, 2.75) is 39.0 Å². The topological polar surface area (TPSA) is 24.9 Å². The van der Waals surface area contributed by atoms with E-state index in [0.717, 1.165) is 24.8 Å². The maximum Gasteiger partial charge on any atom is 0.0937 e. The van der Waals surface area contributed by atoms with E-state index in [2.05, 4.69) is 22.6 Å². The summed E-state index contributed by atoms with van der Waals surface area (Å²) in [4.78, 5) is 4.29. The molecule has 0 aromatic carbocycles. The lowest BCUT2D eigenvalue weighted by molar-refractivity contribution is 0.248. The number of rotatable bonds is 5. The summed E-state index contributed by atoms with van der Waals surface area (Å²) in [6.07, 6.45) is 8.70. The van der Waals surface area contributed by atoms with Crippen molar-refractivity contribution in [3.05, 3.63) is 16.6 Å². The maximum atomic E-state index is 4.29. The highest BCUT2D eigenvalue weighted by Crippen LogP contribution is 2.28. The minimum Gasteiger partial charge on any atom is -0.316 e. The Morgan fingerprint density at radius 2 is 2.31 bits per heavy atom. The molecule has 0 radical (unpaired) electrons. The highest BCUT2D eigenvalue weighted by Gasteiger charge is 2.20. The maximum absolute atomic E-state index is 4.29. The lowest BCUT2D eigenvalue weighted by atomic mass is 9.80. The molecule has 1 aromatic heterocycles. The summed E-state index contributed by atoms with van der Waals surface area (Å²) < 4.78 is 0. The second-order valence-electron chi connectivity index (χ2n) is 4.90. The lowest BCUT2D eigenvalue weighted by Gasteiger charge is -2.28. The third kappa shape index (κ3) is 3.56. The van der Waals surface area contributed by atoms with Gasteiger partial charge in [-0.05, 0) is 24.8 Å². The van der Waals surface area contributed by atoms with Gasteiger partial charge in [-0.15, -0.1) is 11.3 Å². The van der Waals surface area contributed by atoms with Crippen molar-refractivity contribution in [3.63, 3.8) is 0 Å². The number of nitrogens with one attached hydrogen (secondary N) is 1. The Kier molecular flexibility index (Phi) is 4.79. The Morgan fingerprint density at radius 3 is 3.06 bits per heavy atom. The van der Waals surface area contributed by atoms with E-state index in [1.165, 1.54) is 37.2 Å². The summed E-state index contributed by atoms with van der Waals surface area (Å²) in [7, 11) is 0. The molecule has 1 N–H and O–H groups in total. The zero-order valence-corrected chi connectivity index (χ0v) is 10.9. The van der Waals surface area contributed by atoms with Crippen LogP contribution in [0.4, 0.5) is 0 Å². The van der Waals surface area contributed by atoms with Crippen molar-refractivity contribution in [2.75, 3.05) is 13.1 Å². The van der Waals surface area contributed by atoms with Gasteiger partial charge in [-0.2, -0.15) is 0 Å². The van der Waals surface area contributed by atoms with Crippen molar-refractivity contribution in [1.29, 1.82) is 0 Å². The molecule has 90 valence electrons. The molecule has 0 amide bonds. The van der Waals surface area contributed by atoms with Gasteiger partial charge in [-0.25, -0.2) is 4.98 Å². The average Bonchev–Trinajstić information content (AvgIpc) is 2.79. The Morgan fingerprint density at radius 1 is 1.44 bits per heavy atom. The van der Waals surface area contributed by atoms with Crippen LogP contribution >= 0.6 is 11.3 Å². The van der Waals surface area contributed by atoms with E-state index >= 15 is 0 Å². The van der Waals surface area contributed by atoms with Crippen molar-refractivity contribution < 1.29 is 0 Å². The molecule has 1 aliphatic carbocycles. The fourth-order valence-electron chi connectivity index (χ4n) is 2.56. The van der Waals surface area contributed by atoms with Crippen LogP contribution in [0.2, 0.25) is 0 Å². The number of thiazole rings is 1. The predicted octanol–water partition coefficient (Wildman–Crippen LogP) is 3.10. The molecule has 1 aliphatic rings. The lowest BCUT2D eigenvalue weighted by Crippen LogP contribution is -2.30. The summed E-state index contributed by atoms with van der Waals surface area (Å²) >= 11 is 1.76. The highest BCUT2D eigenvalue weighted by molar-refractivity contribution is 7.09. The Hall–Kier alpha value is -0.410. The fraction of sp³-hybridized carbons (Fsp3) is 0.769. The summed E-state index contributed by atoms with van der Waals surface area (Å²) in [5.74, 6) is 1.83. The van der Waals surface area contributed by atoms with Crippen LogP contribution in [0.15, 0.2) is 11.6 Å². The molecular weight excluding hydrogens is 216 g/mol. The quantitative estimate of drug-likeness (QED) is 0.797. The van der Waals surface area contributed by atoms with Gasteiger partial charge >= 0.3 is 0 Å². The van der Waals surface area contributed by atoms with Crippen molar-refractivity contribution in [2.24, 2.45) is 11.8 Å². The Labute approximate surface area is 102 Å². The average molecular weight is 238 g/mol. The smallest absolute Gasteiger partial charge is 0.0937 e. The minimum atomic E-state index is 0.907. The SMILES string of the molecule is CC1CCCCC1CNCCc1nccs1. The second kappa shape index (κ2) is 6.36. The van der Waals surface area contributed by atoms with Crippen LogP contribution in [0.5, 0.6) is 0 Å². The van der Waals surface area contributed by atoms with Crippen LogP contribution in [0, 0.1) is 11.8 Å². The molecule has 2 rings (SSSR count). The molecule has 1 aromatic rings. The second-order valence-corrected chi connectivity index (χ2v) is 5.88. The van der Waals surface area contributed by atoms with Crippen LogP contribution in [0.3, 0.4) is 0 Å². The molecule has 3 heteroatoms. The zero-order chi connectivity index (χ0) is 11.2. The Bertz CT molecular complexity index is 284. The molecule has 1 heterocycles. The van der Waals surface area contributed by atoms with Gasteiger partial charge in [0.15, 0.2) is 0 Å². The van der Waals surface area contributed by atoms with E-state index in [1.807, 2.05) is 6.20 Å². The molecule has 0 bridgehead atoms. The molecular formula is C13H22N2S. The van der Waals surface area contributed by atoms with Gasteiger partial charge < -0.3 is 5.32 Å². The van der Waals surface area contributed by atoms with E-state index < -0.39 is 0 Å². The molecule has 2 nitrogen and oxygen atoms in total. The number of hydrogen-bond acceptors (Lipinski definition) is 3. The van der Waals surface area contributed by atoms with Crippen LogP contribution in [-0.4, -0.2) is 18.1 Å². The first-order valence-electron chi connectivity index (χ1n) is 6.45. The van der Waals surface area contributed by atoms with E-state index in [9.17, 15) is 0 Å². The van der Waals surface area contributed by atoms with Gasteiger partial charge in [0, 0.05) is 24.5 Å². The highest BCUT2D eigenvalue weighted by atomic mass is 32.1. The summed E-state index contributed by atoms with van der Waals surface area (Å²) in [5.41, 5.74) is 0. The Balaban J connectivity index is 1.60. The minimum absolute atomic E-state index is 0.907. The molecule has 2 atom stereocenters. The van der Waals surface area contributed by atoms with Gasteiger partial charge in [-0.1, -0.05) is 26.2 Å². The van der Waals surface area contributed by atoms with E-state index in [1.54, 1.807) is 11.3 Å². The van der Waals surface area contributed by atoms with Crippen molar-refractivity contribution in [3.8, 4) is 0 Å². The third-order valence-electron chi connectivity index (χ3n) is 3.69. The normalized spacial score (nSPS) is 25.8. The first kappa shape index (κ1) is 12.1. The summed E-state index contributed by atoms with van der Waals surface area (Å²) in [6.45, 7) is 4.69. The van der Waals surface area contributed by atoms with Gasteiger partial charge in [0.1, 0.15) is 0 Å². The van der Waals surface area contributed by atoms with Crippen LogP contribution in [0.1, 0.15) is 37.6 Å². The van der Waals surface area contributed by atoms with Crippen LogP contribution in [0.25, 0.3) is 0 Å². The number of nitrogens with zero attached hydrogens (tertiary/aromatic N) is 1. The largest absolute Gasteiger partial charge is 0.316 e. The third-order valence-corrected chi connectivity index (χ3v) is 4.53. The predicted molar refractivity (Wildman–Crippen MR) is 69.8 cm³/mol. The standard InChI is InChI=1S/C13H22N2S/c1-11-4-2-3-5-12(11)10-14-7-6-13-15-8-9-16-13/h8-9,11-12,14H,2-7,10H2,1H3. The fourth-order valence-corrected chi connectivity index (χ4v) is 3.18. The number of hydrogen-bond donors (Lipinski definition) is 1. The molecule has 0 spiro atoms. The van der Waals surface area contributed by atoms with Gasteiger partial charge in [0.05, 0.1) is 5.01 Å². The van der Waals surface area contributed by atoms with Crippen molar-refractivity contribution >= 4 is 11.3 Å². The van der Waals surface area contributed by atoms with E-state index in [-0.39, 0.29) is 0 Å². The molecule has 16 heavy (non-hydrogen) atoms.